The highest BCUT2D eigenvalue weighted by Gasteiger charge is 2.30. The molecular weight excluding hydrogens is 224 g/mol. The molecule has 1 aromatic heterocycles. The van der Waals surface area contributed by atoms with Gasteiger partial charge in [0.15, 0.2) is 11.5 Å². The molecule has 1 aromatic rings. The number of hydrogen-bond donors (Lipinski definition) is 1. The highest BCUT2D eigenvalue weighted by Crippen LogP contribution is 2.42. The number of furan rings is 1. The van der Waals surface area contributed by atoms with Gasteiger partial charge in [-0.2, -0.15) is 0 Å². The van der Waals surface area contributed by atoms with Crippen LogP contribution in [-0.4, -0.2) is 5.11 Å². The Morgan fingerprint density at radius 3 is 2.67 bits per heavy atom. The summed E-state index contributed by atoms with van der Waals surface area (Å²) in [5.74, 6) is 1.66. The van der Waals surface area contributed by atoms with Gasteiger partial charge in [-0.15, -0.1) is 0 Å². The minimum Gasteiger partial charge on any atom is -0.505 e. The van der Waals surface area contributed by atoms with Crippen molar-refractivity contribution >= 4 is 11.3 Å². The van der Waals surface area contributed by atoms with Gasteiger partial charge >= 0.3 is 0 Å². The van der Waals surface area contributed by atoms with Crippen LogP contribution in [-0.2, 0) is 0 Å². The minimum absolute atomic E-state index is 0.0273. The fourth-order valence-corrected chi connectivity index (χ4v) is 2.35. The Morgan fingerprint density at radius 1 is 1.39 bits per heavy atom. The molecule has 0 bridgehead atoms. The maximum Gasteiger partial charge on any atom is 0.168 e. The van der Waals surface area contributed by atoms with Gasteiger partial charge in [-0.25, -0.2) is 0 Å². The van der Waals surface area contributed by atoms with Gasteiger partial charge < -0.3 is 9.52 Å². The van der Waals surface area contributed by atoms with E-state index in [1.165, 1.54) is 5.57 Å². The van der Waals surface area contributed by atoms with Crippen LogP contribution in [0.15, 0.2) is 41.4 Å². The zero-order chi connectivity index (χ0) is 13.3. The molecule has 0 spiro atoms. The molecule has 0 saturated carbocycles. The average Bonchev–Trinajstić information content (AvgIpc) is 2.77. The van der Waals surface area contributed by atoms with E-state index in [2.05, 4.69) is 45.6 Å². The van der Waals surface area contributed by atoms with Crippen molar-refractivity contribution in [2.75, 3.05) is 0 Å². The summed E-state index contributed by atoms with van der Waals surface area (Å²) >= 11 is 0. The van der Waals surface area contributed by atoms with Crippen molar-refractivity contribution in [1.29, 1.82) is 0 Å². The first-order valence-electron chi connectivity index (χ1n) is 6.25. The SMILES string of the molecule is C=C(O)c1ccc(C2=CC=CCC2C(C)(C)C)o1. The fourth-order valence-electron chi connectivity index (χ4n) is 2.35. The van der Waals surface area contributed by atoms with Crippen LogP contribution in [0, 0.1) is 11.3 Å². The molecule has 0 radical (unpaired) electrons. The lowest BCUT2D eigenvalue weighted by molar-refractivity contribution is 0.299. The first-order chi connectivity index (χ1) is 8.39. The summed E-state index contributed by atoms with van der Waals surface area (Å²) in [6.07, 6.45) is 7.37. The van der Waals surface area contributed by atoms with E-state index in [0.29, 0.717) is 11.7 Å². The summed E-state index contributed by atoms with van der Waals surface area (Å²) in [4.78, 5) is 0. The maximum atomic E-state index is 9.34. The Labute approximate surface area is 108 Å². The van der Waals surface area contributed by atoms with Gasteiger partial charge in [-0.05, 0) is 35.5 Å². The molecular formula is C16H20O2. The Kier molecular flexibility index (Phi) is 3.20. The lowest BCUT2D eigenvalue weighted by Crippen LogP contribution is -2.22. The third-order valence-corrected chi connectivity index (χ3v) is 3.38. The average molecular weight is 244 g/mol. The molecule has 1 heterocycles. The molecule has 2 nitrogen and oxygen atoms in total. The van der Waals surface area contributed by atoms with Crippen molar-refractivity contribution < 1.29 is 9.52 Å². The summed E-state index contributed by atoms with van der Waals surface area (Å²) in [6.45, 7) is 10.2. The van der Waals surface area contributed by atoms with E-state index in [9.17, 15) is 5.11 Å². The number of aliphatic hydroxyl groups excluding tert-OH is 1. The number of allylic oxidation sites excluding steroid dienone is 4. The van der Waals surface area contributed by atoms with Crippen molar-refractivity contribution in [2.24, 2.45) is 11.3 Å². The second kappa shape index (κ2) is 4.52. The summed E-state index contributed by atoms with van der Waals surface area (Å²) in [6, 6.07) is 3.66. The Bertz CT molecular complexity index is 509. The molecule has 1 atom stereocenters. The number of hydrogen-bond acceptors (Lipinski definition) is 2. The molecule has 2 heteroatoms. The van der Waals surface area contributed by atoms with Crippen LogP contribution in [0.2, 0.25) is 0 Å². The van der Waals surface area contributed by atoms with Crippen molar-refractivity contribution in [3.63, 3.8) is 0 Å². The van der Waals surface area contributed by atoms with Gasteiger partial charge in [0.1, 0.15) is 5.76 Å². The van der Waals surface area contributed by atoms with Gasteiger partial charge in [0.05, 0.1) is 0 Å². The molecule has 1 aliphatic carbocycles. The minimum atomic E-state index is -0.0273. The van der Waals surface area contributed by atoms with Crippen molar-refractivity contribution in [3.05, 3.63) is 48.5 Å². The van der Waals surface area contributed by atoms with Crippen molar-refractivity contribution in [3.8, 4) is 0 Å². The van der Waals surface area contributed by atoms with Crippen LogP contribution in [0.3, 0.4) is 0 Å². The molecule has 96 valence electrons. The van der Waals surface area contributed by atoms with E-state index in [4.69, 9.17) is 4.42 Å². The highest BCUT2D eigenvalue weighted by atomic mass is 16.4. The second-order valence-electron chi connectivity index (χ2n) is 5.82. The maximum absolute atomic E-state index is 9.34. The summed E-state index contributed by atoms with van der Waals surface area (Å²) in [5, 5.41) is 9.34. The monoisotopic (exact) mass is 244 g/mol. The lowest BCUT2D eigenvalue weighted by atomic mass is 9.72. The highest BCUT2D eigenvalue weighted by molar-refractivity contribution is 5.68. The predicted molar refractivity (Wildman–Crippen MR) is 75.0 cm³/mol. The fraction of sp³-hybridized carbons (Fsp3) is 0.375. The van der Waals surface area contributed by atoms with Gasteiger partial charge in [0.25, 0.3) is 0 Å². The van der Waals surface area contributed by atoms with Crippen LogP contribution in [0.1, 0.15) is 38.7 Å². The molecule has 0 aromatic carbocycles. The first kappa shape index (κ1) is 12.7. The van der Waals surface area contributed by atoms with E-state index >= 15 is 0 Å². The molecule has 0 fully saturated rings. The van der Waals surface area contributed by atoms with E-state index in [0.717, 1.165) is 12.2 Å². The van der Waals surface area contributed by atoms with Crippen molar-refractivity contribution in [2.45, 2.75) is 27.2 Å². The molecule has 1 aliphatic rings. The molecule has 0 amide bonds. The molecule has 1 unspecified atom stereocenters. The first-order valence-corrected chi connectivity index (χ1v) is 6.25. The van der Waals surface area contributed by atoms with Crippen LogP contribution >= 0.6 is 0 Å². The smallest absolute Gasteiger partial charge is 0.168 e. The molecule has 1 N–H and O–H groups in total. The lowest BCUT2D eigenvalue weighted by Gasteiger charge is -2.32. The second-order valence-corrected chi connectivity index (χ2v) is 5.82. The quantitative estimate of drug-likeness (QED) is 0.757. The van der Waals surface area contributed by atoms with E-state index in [1.54, 1.807) is 6.07 Å². The Hall–Kier alpha value is -1.70. The normalized spacial score (nSPS) is 19.7. The van der Waals surface area contributed by atoms with Crippen LogP contribution in [0.25, 0.3) is 11.3 Å². The summed E-state index contributed by atoms with van der Waals surface area (Å²) < 4.78 is 5.66. The third kappa shape index (κ3) is 2.42. The van der Waals surface area contributed by atoms with E-state index < -0.39 is 0 Å². The van der Waals surface area contributed by atoms with Crippen LogP contribution < -0.4 is 0 Å². The zero-order valence-corrected chi connectivity index (χ0v) is 11.2. The van der Waals surface area contributed by atoms with Gasteiger partial charge in [0, 0.05) is 0 Å². The zero-order valence-electron chi connectivity index (χ0n) is 11.2. The third-order valence-electron chi connectivity index (χ3n) is 3.38. The molecule has 18 heavy (non-hydrogen) atoms. The predicted octanol–water partition coefficient (Wildman–Crippen LogP) is 4.81. The Morgan fingerprint density at radius 2 is 2.11 bits per heavy atom. The van der Waals surface area contributed by atoms with Crippen molar-refractivity contribution in [1.82, 2.24) is 0 Å². The van der Waals surface area contributed by atoms with Crippen LogP contribution in [0.5, 0.6) is 0 Å². The van der Waals surface area contributed by atoms with Gasteiger partial charge in [-0.1, -0.05) is 45.6 Å². The topological polar surface area (TPSA) is 33.4 Å². The summed E-state index contributed by atoms with van der Waals surface area (Å²) in [5.41, 5.74) is 1.37. The molecule has 0 saturated heterocycles. The van der Waals surface area contributed by atoms with Crippen LogP contribution in [0.4, 0.5) is 0 Å². The Balaban J connectivity index is 2.37. The molecule has 0 aliphatic heterocycles. The van der Waals surface area contributed by atoms with Gasteiger partial charge in [-0.3, -0.25) is 0 Å². The largest absolute Gasteiger partial charge is 0.505 e. The standard InChI is InChI=1S/C16H20O2/c1-11(17)14-9-10-15(18-14)12-7-5-6-8-13(12)16(2,3)4/h5-7,9-10,13,17H,1,8H2,2-4H3. The van der Waals surface area contributed by atoms with E-state index in [1.807, 2.05) is 6.07 Å². The summed E-state index contributed by atoms with van der Waals surface area (Å²) in [7, 11) is 0. The molecule has 2 rings (SSSR count). The number of aliphatic hydroxyl groups is 1. The number of rotatable bonds is 2. The van der Waals surface area contributed by atoms with Gasteiger partial charge in [0.2, 0.25) is 0 Å². The van der Waals surface area contributed by atoms with E-state index in [-0.39, 0.29) is 11.2 Å².